The largest absolute Gasteiger partial charge is 0.478 e. The monoisotopic (exact) mass is 419 g/mol. The van der Waals surface area contributed by atoms with E-state index in [2.05, 4.69) is 25.3 Å². The molecule has 0 spiro atoms. The van der Waals surface area contributed by atoms with Crippen molar-refractivity contribution in [3.63, 3.8) is 0 Å². The molecule has 0 saturated carbocycles. The lowest BCUT2D eigenvalue weighted by molar-refractivity contribution is 0.0699. The number of para-hydroxylation sites is 1. The molecule has 0 aliphatic carbocycles. The van der Waals surface area contributed by atoms with Gasteiger partial charge < -0.3 is 20.1 Å². The molecule has 4 aromatic rings. The minimum Gasteiger partial charge on any atom is -0.478 e. The number of aromatic carboxylic acids is 1. The first-order valence-electron chi connectivity index (χ1n) is 9.48. The van der Waals surface area contributed by atoms with Crippen LogP contribution in [0.4, 0.5) is 11.9 Å². The van der Waals surface area contributed by atoms with Crippen molar-refractivity contribution in [2.45, 2.75) is 6.54 Å². The van der Waals surface area contributed by atoms with E-state index in [0.717, 1.165) is 5.56 Å². The van der Waals surface area contributed by atoms with E-state index in [1.54, 1.807) is 21.6 Å². The smallest absolute Gasteiger partial charge is 0.337 e. The zero-order chi connectivity index (χ0) is 22.0. The maximum atomic E-state index is 11.6. The van der Waals surface area contributed by atoms with Gasteiger partial charge >= 0.3 is 12.0 Å². The van der Waals surface area contributed by atoms with Gasteiger partial charge in [0.25, 0.3) is 0 Å². The van der Waals surface area contributed by atoms with Crippen LogP contribution in [-0.4, -0.2) is 56.8 Å². The summed E-state index contributed by atoms with van der Waals surface area (Å²) in [6.07, 6.45) is 0. The number of aromatic nitrogens is 5. The number of hydrogen-bond acceptors (Lipinski definition) is 8. The van der Waals surface area contributed by atoms with Crippen LogP contribution in [0, 0.1) is 0 Å². The van der Waals surface area contributed by atoms with Gasteiger partial charge in [-0.25, -0.2) is 9.36 Å². The molecule has 0 aliphatic heterocycles. The fourth-order valence-corrected chi connectivity index (χ4v) is 3.09. The Bertz CT molecular complexity index is 1240. The zero-order valence-electron chi connectivity index (χ0n) is 17.3. The highest BCUT2D eigenvalue weighted by Gasteiger charge is 2.21. The molecule has 0 saturated heterocycles. The number of methoxy groups -OCH3 is 1. The Balaban J connectivity index is 1.83. The minimum absolute atomic E-state index is 0.0684. The van der Waals surface area contributed by atoms with Gasteiger partial charge in [-0.05, 0) is 17.7 Å². The number of anilines is 2. The summed E-state index contributed by atoms with van der Waals surface area (Å²) in [7, 11) is 5.11. The molecule has 158 valence electrons. The molecule has 31 heavy (non-hydrogen) atoms. The summed E-state index contributed by atoms with van der Waals surface area (Å²) >= 11 is 0. The lowest BCUT2D eigenvalue weighted by Gasteiger charge is -2.15. The first-order chi connectivity index (χ1) is 15.0. The van der Waals surface area contributed by atoms with Crippen LogP contribution < -0.4 is 15.0 Å². The van der Waals surface area contributed by atoms with Crippen LogP contribution in [-0.2, 0) is 6.54 Å². The normalized spacial score (nSPS) is 10.8. The van der Waals surface area contributed by atoms with E-state index in [1.165, 1.54) is 13.2 Å². The number of imidazole rings is 1. The Kier molecular flexibility index (Phi) is 5.35. The molecule has 0 bridgehead atoms. The molecule has 2 N–H and O–H groups in total. The van der Waals surface area contributed by atoms with Crippen molar-refractivity contribution in [1.82, 2.24) is 24.5 Å². The molecular weight excluding hydrogens is 398 g/mol. The van der Waals surface area contributed by atoms with Crippen LogP contribution >= 0.6 is 0 Å². The average Bonchev–Trinajstić information content (AvgIpc) is 3.16. The maximum Gasteiger partial charge on any atom is 0.337 e. The number of carboxylic acid groups (broad SMARTS) is 1. The SMILES string of the molecule is COc1nc2c(C(=O)O)cccc2n1-c1nc(NCc2ccccc2)nc(N(C)C)n1. The fourth-order valence-electron chi connectivity index (χ4n) is 3.09. The molecule has 0 radical (unpaired) electrons. The van der Waals surface area contributed by atoms with Crippen molar-refractivity contribution in [1.29, 1.82) is 0 Å². The van der Waals surface area contributed by atoms with Crippen LogP contribution in [0.1, 0.15) is 15.9 Å². The van der Waals surface area contributed by atoms with Crippen LogP contribution in [0.25, 0.3) is 17.0 Å². The van der Waals surface area contributed by atoms with Gasteiger partial charge in [-0.1, -0.05) is 36.4 Å². The lowest BCUT2D eigenvalue weighted by Crippen LogP contribution is -2.17. The van der Waals surface area contributed by atoms with Crippen molar-refractivity contribution in [3.05, 3.63) is 59.7 Å². The summed E-state index contributed by atoms with van der Waals surface area (Å²) in [4.78, 5) is 31.3. The van der Waals surface area contributed by atoms with E-state index in [9.17, 15) is 9.90 Å². The molecule has 0 amide bonds. The van der Waals surface area contributed by atoms with Crippen LogP contribution in [0.5, 0.6) is 6.01 Å². The van der Waals surface area contributed by atoms with Crippen molar-refractivity contribution >= 4 is 28.9 Å². The number of fused-ring (bicyclic) bond motifs is 1. The Hall–Kier alpha value is -4.21. The van der Waals surface area contributed by atoms with E-state index < -0.39 is 5.97 Å². The van der Waals surface area contributed by atoms with Gasteiger partial charge in [-0.3, -0.25) is 0 Å². The highest BCUT2D eigenvalue weighted by atomic mass is 16.5. The first-order valence-corrected chi connectivity index (χ1v) is 9.48. The van der Waals surface area contributed by atoms with Gasteiger partial charge in [0.15, 0.2) is 0 Å². The molecule has 0 atom stereocenters. The molecule has 0 aliphatic rings. The van der Waals surface area contributed by atoms with Gasteiger partial charge in [0.05, 0.1) is 18.2 Å². The molecule has 0 fully saturated rings. The third kappa shape index (κ3) is 3.95. The second-order valence-corrected chi connectivity index (χ2v) is 6.90. The third-order valence-corrected chi connectivity index (χ3v) is 4.57. The number of hydrogen-bond donors (Lipinski definition) is 2. The Morgan fingerprint density at radius 2 is 1.84 bits per heavy atom. The molecule has 10 nitrogen and oxygen atoms in total. The number of carboxylic acids is 1. The highest BCUT2D eigenvalue weighted by Crippen LogP contribution is 2.28. The van der Waals surface area contributed by atoms with Crippen molar-refractivity contribution in [2.75, 3.05) is 31.4 Å². The predicted octanol–water partition coefficient (Wildman–Crippen LogP) is 2.60. The van der Waals surface area contributed by atoms with Gasteiger partial charge in [0, 0.05) is 20.6 Å². The van der Waals surface area contributed by atoms with E-state index in [1.807, 2.05) is 44.4 Å². The fraction of sp³-hybridized carbons (Fsp3) is 0.190. The summed E-state index contributed by atoms with van der Waals surface area (Å²) in [5.41, 5.74) is 1.95. The maximum absolute atomic E-state index is 11.6. The second-order valence-electron chi connectivity index (χ2n) is 6.90. The van der Waals surface area contributed by atoms with Crippen molar-refractivity contribution in [3.8, 4) is 12.0 Å². The van der Waals surface area contributed by atoms with E-state index in [0.29, 0.717) is 24.0 Å². The molecule has 10 heteroatoms. The molecule has 2 aromatic heterocycles. The average molecular weight is 419 g/mol. The number of nitrogens with zero attached hydrogens (tertiary/aromatic N) is 6. The summed E-state index contributed by atoms with van der Waals surface area (Å²) in [5.74, 6) is -0.0152. The summed E-state index contributed by atoms with van der Waals surface area (Å²) in [6, 6.07) is 14.9. The van der Waals surface area contributed by atoms with E-state index in [4.69, 9.17) is 4.74 Å². The Morgan fingerprint density at radius 1 is 1.06 bits per heavy atom. The molecular formula is C21H21N7O3. The molecule has 0 unspecified atom stereocenters. The minimum atomic E-state index is -1.08. The quantitative estimate of drug-likeness (QED) is 0.466. The lowest BCUT2D eigenvalue weighted by atomic mass is 10.2. The summed E-state index contributed by atoms with van der Waals surface area (Å²) < 4.78 is 6.99. The summed E-state index contributed by atoms with van der Waals surface area (Å²) in [6.45, 7) is 0.530. The van der Waals surface area contributed by atoms with Gasteiger partial charge in [0.1, 0.15) is 5.52 Å². The van der Waals surface area contributed by atoms with Crippen LogP contribution in [0.15, 0.2) is 48.5 Å². The number of ether oxygens (including phenoxy) is 1. The third-order valence-electron chi connectivity index (χ3n) is 4.57. The standard InChI is InChI=1S/C21H21N7O3/c1-27(2)19-24-18(22-12-13-8-5-4-6-9-13)25-20(26-19)28-15-11-7-10-14(17(29)30)16(15)23-21(28)31-3/h4-11H,12H2,1-3H3,(H,29,30)(H,22,24,25,26). The predicted molar refractivity (Wildman–Crippen MR) is 116 cm³/mol. The Labute approximate surface area is 178 Å². The van der Waals surface area contributed by atoms with Gasteiger partial charge in [0.2, 0.25) is 17.8 Å². The van der Waals surface area contributed by atoms with E-state index in [-0.39, 0.29) is 23.0 Å². The number of nitrogens with one attached hydrogen (secondary N) is 1. The Morgan fingerprint density at radius 3 is 2.52 bits per heavy atom. The van der Waals surface area contributed by atoms with Crippen molar-refractivity contribution < 1.29 is 14.6 Å². The second kappa shape index (κ2) is 8.27. The summed E-state index contributed by atoms with van der Waals surface area (Å²) in [5, 5.41) is 12.7. The highest BCUT2D eigenvalue weighted by molar-refractivity contribution is 6.01. The number of benzene rings is 2. The van der Waals surface area contributed by atoms with E-state index >= 15 is 0 Å². The van der Waals surface area contributed by atoms with Crippen molar-refractivity contribution in [2.24, 2.45) is 0 Å². The zero-order valence-corrected chi connectivity index (χ0v) is 17.3. The first kappa shape index (κ1) is 20.1. The molecule has 2 heterocycles. The van der Waals surface area contributed by atoms with Gasteiger partial charge in [-0.2, -0.15) is 19.9 Å². The van der Waals surface area contributed by atoms with Crippen LogP contribution in [0.3, 0.4) is 0 Å². The molecule has 2 aromatic carbocycles. The van der Waals surface area contributed by atoms with Crippen LogP contribution in [0.2, 0.25) is 0 Å². The number of rotatable bonds is 7. The van der Waals surface area contributed by atoms with Gasteiger partial charge in [-0.15, -0.1) is 0 Å². The molecule has 4 rings (SSSR count). The number of carbonyl (C=O) groups is 1. The topological polar surface area (TPSA) is 118 Å².